The van der Waals surface area contributed by atoms with Gasteiger partial charge in [0.2, 0.25) is 10.0 Å². The summed E-state index contributed by atoms with van der Waals surface area (Å²) >= 11 is 0. The summed E-state index contributed by atoms with van der Waals surface area (Å²) in [5, 5.41) is 0. The maximum atomic E-state index is 12.8. The number of rotatable bonds is 5. The van der Waals surface area contributed by atoms with E-state index >= 15 is 0 Å². The van der Waals surface area contributed by atoms with Crippen LogP contribution in [0.2, 0.25) is 0 Å². The molecule has 0 saturated carbocycles. The van der Waals surface area contributed by atoms with Crippen LogP contribution in [0.15, 0.2) is 23.1 Å². The van der Waals surface area contributed by atoms with E-state index in [0.717, 1.165) is 12.0 Å². The molecule has 2 rings (SSSR count). The van der Waals surface area contributed by atoms with E-state index in [9.17, 15) is 8.42 Å². The zero-order chi connectivity index (χ0) is 15.5. The van der Waals surface area contributed by atoms with Crippen LogP contribution >= 0.6 is 0 Å². The number of ether oxygens (including phenoxy) is 2. The first-order valence-corrected chi connectivity index (χ1v) is 8.45. The third kappa shape index (κ3) is 3.37. The third-order valence-electron chi connectivity index (χ3n) is 3.64. The van der Waals surface area contributed by atoms with Gasteiger partial charge in [0.05, 0.1) is 19.8 Å². The van der Waals surface area contributed by atoms with Crippen molar-refractivity contribution in [3.63, 3.8) is 0 Å². The van der Waals surface area contributed by atoms with Gasteiger partial charge < -0.3 is 15.2 Å². The van der Waals surface area contributed by atoms with Gasteiger partial charge >= 0.3 is 0 Å². The molecule has 0 aromatic heterocycles. The Morgan fingerprint density at radius 2 is 2.24 bits per heavy atom. The number of nitrogens with two attached hydrogens (primary N) is 1. The summed E-state index contributed by atoms with van der Waals surface area (Å²) in [6.45, 7) is 3.41. The molecular weight excluding hydrogens is 292 g/mol. The molecule has 1 aliphatic rings. The van der Waals surface area contributed by atoms with Gasteiger partial charge in [0.1, 0.15) is 10.6 Å². The van der Waals surface area contributed by atoms with Crippen LogP contribution in [0.1, 0.15) is 18.9 Å². The average Bonchev–Trinajstić information content (AvgIpc) is 2.54. The lowest BCUT2D eigenvalue weighted by Gasteiger charge is -2.32. The highest BCUT2D eigenvalue weighted by atomic mass is 32.2. The molecule has 118 valence electrons. The van der Waals surface area contributed by atoms with E-state index in [1.807, 2.05) is 6.92 Å². The van der Waals surface area contributed by atoms with Crippen LogP contribution in [0.25, 0.3) is 0 Å². The zero-order valence-electron chi connectivity index (χ0n) is 12.4. The Bertz CT molecular complexity index is 589. The Hall–Kier alpha value is -1.15. The van der Waals surface area contributed by atoms with Crippen molar-refractivity contribution < 1.29 is 17.9 Å². The normalized spacial score (nSPS) is 20.4. The van der Waals surface area contributed by atoms with Crippen molar-refractivity contribution in [2.45, 2.75) is 30.9 Å². The third-order valence-corrected chi connectivity index (χ3v) is 5.52. The van der Waals surface area contributed by atoms with Crippen molar-refractivity contribution in [2.75, 3.05) is 26.8 Å². The first-order valence-electron chi connectivity index (χ1n) is 7.01. The molecule has 1 aromatic carbocycles. The van der Waals surface area contributed by atoms with Crippen molar-refractivity contribution in [3.05, 3.63) is 23.8 Å². The number of hydrogen-bond acceptors (Lipinski definition) is 5. The lowest BCUT2D eigenvalue weighted by molar-refractivity contribution is -0.00281. The standard InChI is InChI=1S/C14H22N2O4S/c1-3-12-10-16(6-7-20-12)21(17,18)14-8-11(9-15)4-5-13(14)19-2/h4-5,8,12H,3,6-7,9-10,15H2,1-2H3. The summed E-state index contributed by atoms with van der Waals surface area (Å²) < 4.78 is 37.9. The van der Waals surface area contributed by atoms with Gasteiger partial charge in [0.25, 0.3) is 0 Å². The molecule has 0 spiro atoms. The quantitative estimate of drug-likeness (QED) is 0.875. The zero-order valence-corrected chi connectivity index (χ0v) is 13.2. The Labute approximate surface area is 125 Å². The summed E-state index contributed by atoms with van der Waals surface area (Å²) in [5.41, 5.74) is 6.37. The topological polar surface area (TPSA) is 81.9 Å². The van der Waals surface area contributed by atoms with E-state index in [1.165, 1.54) is 11.4 Å². The number of nitrogens with zero attached hydrogens (tertiary/aromatic N) is 1. The molecule has 0 aliphatic carbocycles. The van der Waals surface area contributed by atoms with Crippen LogP contribution < -0.4 is 10.5 Å². The summed E-state index contributed by atoms with van der Waals surface area (Å²) in [5.74, 6) is 0.340. The molecule has 0 bridgehead atoms. The molecule has 7 heteroatoms. The lowest BCUT2D eigenvalue weighted by atomic mass is 10.2. The summed E-state index contributed by atoms with van der Waals surface area (Å²) in [6, 6.07) is 5.00. The van der Waals surface area contributed by atoms with Crippen LogP contribution in [0.4, 0.5) is 0 Å². The Morgan fingerprint density at radius 1 is 1.48 bits per heavy atom. The summed E-state index contributed by atoms with van der Waals surface area (Å²) in [6.07, 6.45) is 0.726. The van der Waals surface area contributed by atoms with E-state index in [0.29, 0.717) is 25.4 Å². The van der Waals surface area contributed by atoms with Gasteiger partial charge in [-0.25, -0.2) is 8.42 Å². The molecule has 21 heavy (non-hydrogen) atoms. The van der Waals surface area contributed by atoms with Gasteiger partial charge in [-0.3, -0.25) is 0 Å². The highest BCUT2D eigenvalue weighted by molar-refractivity contribution is 7.89. The van der Waals surface area contributed by atoms with Gasteiger partial charge in [0, 0.05) is 19.6 Å². The second-order valence-electron chi connectivity index (χ2n) is 4.95. The number of sulfonamides is 1. The fourth-order valence-corrected chi connectivity index (χ4v) is 4.01. The number of morpholine rings is 1. The monoisotopic (exact) mass is 314 g/mol. The maximum absolute atomic E-state index is 12.8. The van der Waals surface area contributed by atoms with Crippen molar-refractivity contribution in [1.82, 2.24) is 4.31 Å². The molecule has 1 fully saturated rings. The second kappa shape index (κ2) is 6.74. The molecule has 6 nitrogen and oxygen atoms in total. The van der Waals surface area contributed by atoms with Crippen LogP contribution in [0.5, 0.6) is 5.75 Å². The lowest BCUT2D eigenvalue weighted by Crippen LogP contribution is -2.45. The van der Waals surface area contributed by atoms with E-state index < -0.39 is 10.0 Å². The van der Waals surface area contributed by atoms with Crippen molar-refractivity contribution in [2.24, 2.45) is 5.73 Å². The van der Waals surface area contributed by atoms with E-state index in [-0.39, 0.29) is 17.5 Å². The molecule has 1 heterocycles. The van der Waals surface area contributed by atoms with Gasteiger partial charge in [-0.05, 0) is 24.1 Å². The predicted octanol–water partition coefficient (Wildman–Crippen LogP) is 0.953. The van der Waals surface area contributed by atoms with Gasteiger partial charge in [-0.2, -0.15) is 4.31 Å². The highest BCUT2D eigenvalue weighted by Gasteiger charge is 2.32. The largest absolute Gasteiger partial charge is 0.495 e. The molecule has 1 aromatic rings. The molecule has 1 atom stereocenters. The number of methoxy groups -OCH3 is 1. The van der Waals surface area contributed by atoms with Gasteiger partial charge in [0.15, 0.2) is 0 Å². The fraction of sp³-hybridized carbons (Fsp3) is 0.571. The molecule has 0 radical (unpaired) electrons. The molecule has 1 aliphatic heterocycles. The minimum Gasteiger partial charge on any atom is -0.495 e. The fourth-order valence-electron chi connectivity index (χ4n) is 2.35. The molecule has 1 unspecified atom stereocenters. The van der Waals surface area contributed by atoms with Crippen LogP contribution in [0, 0.1) is 0 Å². The Kier molecular flexibility index (Phi) is 5.21. The van der Waals surface area contributed by atoms with Crippen molar-refractivity contribution in [1.29, 1.82) is 0 Å². The second-order valence-corrected chi connectivity index (χ2v) is 6.86. The minimum atomic E-state index is -3.61. The Balaban J connectivity index is 2.38. The van der Waals surface area contributed by atoms with Crippen LogP contribution in [-0.2, 0) is 21.3 Å². The van der Waals surface area contributed by atoms with Gasteiger partial charge in [-0.1, -0.05) is 13.0 Å². The molecule has 0 amide bonds. The summed E-state index contributed by atoms with van der Waals surface area (Å²) in [7, 11) is -2.14. The van der Waals surface area contributed by atoms with Crippen LogP contribution in [0.3, 0.4) is 0 Å². The molecular formula is C14H22N2O4S. The van der Waals surface area contributed by atoms with Gasteiger partial charge in [-0.15, -0.1) is 0 Å². The van der Waals surface area contributed by atoms with E-state index in [2.05, 4.69) is 0 Å². The number of hydrogen-bond donors (Lipinski definition) is 1. The molecule has 1 saturated heterocycles. The van der Waals surface area contributed by atoms with Crippen molar-refractivity contribution >= 4 is 10.0 Å². The van der Waals surface area contributed by atoms with Crippen molar-refractivity contribution in [3.8, 4) is 5.75 Å². The SMILES string of the molecule is CCC1CN(S(=O)(=O)c2cc(CN)ccc2OC)CCO1. The predicted molar refractivity (Wildman–Crippen MR) is 79.7 cm³/mol. The maximum Gasteiger partial charge on any atom is 0.246 e. The smallest absolute Gasteiger partial charge is 0.246 e. The molecule has 2 N–H and O–H groups in total. The minimum absolute atomic E-state index is 0.0581. The number of benzene rings is 1. The first-order chi connectivity index (χ1) is 10.0. The highest BCUT2D eigenvalue weighted by Crippen LogP contribution is 2.29. The van der Waals surface area contributed by atoms with E-state index in [4.69, 9.17) is 15.2 Å². The van der Waals surface area contributed by atoms with Crippen LogP contribution in [-0.4, -0.2) is 45.6 Å². The summed E-state index contributed by atoms with van der Waals surface area (Å²) in [4.78, 5) is 0.171. The first kappa shape index (κ1) is 16.2. The average molecular weight is 314 g/mol. The van der Waals surface area contributed by atoms with E-state index in [1.54, 1.807) is 18.2 Å². The Morgan fingerprint density at radius 3 is 2.86 bits per heavy atom.